The summed E-state index contributed by atoms with van der Waals surface area (Å²) in [6.45, 7) is 3.09. The molecule has 0 radical (unpaired) electrons. The standard InChI is InChI=1S/C14H27NO/c1-2-12-6-3-4-7-13(12)16-14(10-11-15)8-5-9-14/h12-13H,2-11,15H2,1H3. The second-order valence-electron chi connectivity index (χ2n) is 5.68. The maximum atomic E-state index is 6.48. The van der Waals surface area contributed by atoms with Gasteiger partial charge in [-0.1, -0.05) is 26.2 Å². The molecule has 0 aliphatic heterocycles. The van der Waals surface area contributed by atoms with Gasteiger partial charge in [0.1, 0.15) is 0 Å². The van der Waals surface area contributed by atoms with Crippen molar-refractivity contribution >= 4 is 0 Å². The van der Waals surface area contributed by atoms with Gasteiger partial charge in [0.2, 0.25) is 0 Å². The lowest BCUT2D eigenvalue weighted by Gasteiger charge is -2.46. The molecule has 0 saturated heterocycles. The van der Waals surface area contributed by atoms with Gasteiger partial charge in [0.25, 0.3) is 0 Å². The number of rotatable bonds is 5. The first kappa shape index (κ1) is 12.4. The molecule has 2 saturated carbocycles. The summed E-state index contributed by atoms with van der Waals surface area (Å²) in [4.78, 5) is 0. The topological polar surface area (TPSA) is 35.2 Å². The third kappa shape index (κ3) is 2.60. The van der Waals surface area contributed by atoms with Crippen molar-refractivity contribution in [1.82, 2.24) is 0 Å². The van der Waals surface area contributed by atoms with Gasteiger partial charge in [-0.25, -0.2) is 0 Å². The van der Waals surface area contributed by atoms with E-state index in [-0.39, 0.29) is 5.60 Å². The fraction of sp³-hybridized carbons (Fsp3) is 1.00. The van der Waals surface area contributed by atoms with Gasteiger partial charge in [0.15, 0.2) is 0 Å². The van der Waals surface area contributed by atoms with Crippen LogP contribution >= 0.6 is 0 Å². The van der Waals surface area contributed by atoms with Crippen LogP contribution < -0.4 is 5.73 Å². The van der Waals surface area contributed by atoms with E-state index in [9.17, 15) is 0 Å². The van der Waals surface area contributed by atoms with Crippen LogP contribution in [0.5, 0.6) is 0 Å². The molecule has 0 bridgehead atoms. The fourth-order valence-corrected chi connectivity index (χ4v) is 3.38. The summed E-state index contributed by atoms with van der Waals surface area (Å²) in [5.41, 5.74) is 5.90. The second-order valence-corrected chi connectivity index (χ2v) is 5.68. The van der Waals surface area contributed by atoms with Crippen LogP contribution in [0.25, 0.3) is 0 Å². The van der Waals surface area contributed by atoms with E-state index < -0.39 is 0 Å². The Balaban J connectivity index is 1.90. The normalized spacial score (nSPS) is 33.4. The largest absolute Gasteiger partial charge is 0.371 e. The molecular weight excluding hydrogens is 198 g/mol. The third-order valence-corrected chi connectivity index (χ3v) is 4.63. The van der Waals surface area contributed by atoms with E-state index >= 15 is 0 Å². The molecule has 16 heavy (non-hydrogen) atoms. The minimum Gasteiger partial charge on any atom is -0.371 e. The maximum Gasteiger partial charge on any atom is 0.0698 e. The first-order chi connectivity index (χ1) is 7.79. The molecule has 0 aromatic carbocycles. The van der Waals surface area contributed by atoms with Crippen molar-refractivity contribution in [1.29, 1.82) is 0 Å². The molecule has 2 atom stereocenters. The first-order valence-electron chi connectivity index (χ1n) is 7.17. The third-order valence-electron chi connectivity index (χ3n) is 4.63. The molecule has 2 unspecified atom stereocenters. The average Bonchev–Trinajstić information content (AvgIpc) is 2.27. The van der Waals surface area contributed by atoms with Crippen LogP contribution in [0.2, 0.25) is 0 Å². The van der Waals surface area contributed by atoms with Gasteiger partial charge < -0.3 is 10.5 Å². The van der Waals surface area contributed by atoms with Gasteiger partial charge in [-0.3, -0.25) is 0 Å². The predicted molar refractivity (Wildman–Crippen MR) is 67.4 cm³/mol. The van der Waals surface area contributed by atoms with Crippen molar-refractivity contribution in [2.75, 3.05) is 6.54 Å². The van der Waals surface area contributed by atoms with Gasteiger partial charge in [0.05, 0.1) is 11.7 Å². The van der Waals surface area contributed by atoms with E-state index in [1.807, 2.05) is 0 Å². The van der Waals surface area contributed by atoms with Crippen LogP contribution in [-0.4, -0.2) is 18.2 Å². The summed E-state index contributed by atoms with van der Waals surface area (Å²) in [5.74, 6) is 0.809. The zero-order valence-electron chi connectivity index (χ0n) is 10.7. The van der Waals surface area contributed by atoms with E-state index in [4.69, 9.17) is 10.5 Å². The van der Waals surface area contributed by atoms with Gasteiger partial charge >= 0.3 is 0 Å². The van der Waals surface area contributed by atoms with E-state index in [0.29, 0.717) is 6.10 Å². The Hall–Kier alpha value is -0.0800. The molecule has 2 rings (SSSR count). The molecule has 0 amide bonds. The molecular formula is C14H27NO. The predicted octanol–water partition coefficient (Wildman–Crippen LogP) is 3.24. The molecule has 2 heteroatoms. The first-order valence-corrected chi connectivity index (χ1v) is 7.17. The highest BCUT2D eigenvalue weighted by molar-refractivity contribution is 4.92. The molecule has 2 nitrogen and oxygen atoms in total. The van der Waals surface area contributed by atoms with Crippen LogP contribution in [0, 0.1) is 5.92 Å². The smallest absolute Gasteiger partial charge is 0.0698 e. The average molecular weight is 225 g/mol. The minimum atomic E-state index is 0.185. The highest BCUT2D eigenvalue weighted by atomic mass is 16.5. The Bertz CT molecular complexity index is 213. The van der Waals surface area contributed by atoms with Crippen LogP contribution in [0.15, 0.2) is 0 Å². The van der Waals surface area contributed by atoms with Gasteiger partial charge in [-0.05, 0) is 51.0 Å². The van der Waals surface area contributed by atoms with Crippen molar-refractivity contribution in [3.63, 3.8) is 0 Å². The second kappa shape index (κ2) is 5.50. The monoisotopic (exact) mass is 225 g/mol. The van der Waals surface area contributed by atoms with E-state index in [2.05, 4.69) is 6.92 Å². The van der Waals surface area contributed by atoms with Gasteiger partial charge in [-0.2, -0.15) is 0 Å². The summed E-state index contributed by atoms with van der Waals surface area (Å²) in [5, 5.41) is 0. The van der Waals surface area contributed by atoms with E-state index in [0.717, 1.165) is 18.9 Å². The number of ether oxygens (including phenoxy) is 1. The van der Waals surface area contributed by atoms with Gasteiger partial charge in [-0.15, -0.1) is 0 Å². The molecule has 0 spiro atoms. The highest BCUT2D eigenvalue weighted by Crippen LogP contribution is 2.42. The zero-order chi connectivity index (χ0) is 11.4. The quantitative estimate of drug-likeness (QED) is 0.779. The Kier molecular flexibility index (Phi) is 4.26. The van der Waals surface area contributed by atoms with E-state index in [1.165, 1.54) is 51.4 Å². The molecule has 0 heterocycles. The van der Waals surface area contributed by atoms with Crippen LogP contribution in [0.1, 0.15) is 64.7 Å². The molecule has 0 aromatic heterocycles. The van der Waals surface area contributed by atoms with Crippen molar-refractivity contribution in [3.05, 3.63) is 0 Å². The van der Waals surface area contributed by atoms with Crippen LogP contribution in [0.3, 0.4) is 0 Å². The summed E-state index contributed by atoms with van der Waals surface area (Å²) >= 11 is 0. The highest BCUT2D eigenvalue weighted by Gasteiger charge is 2.41. The minimum absolute atomic E-state index is 0.185. The molecule has 2 fully saturated rings. The van der Waals surface area contributed by atoms with Crippen LogP contribution in [-0.2, 0) is 4.74 Å². The summed E-state index contributed by atoms with van der Waals surface area (Å²) < 4.78 is 6.48. The zero-order valence-corrected chi connectivity index (χ0v) is 10.7. The molecule has 94 valence electrons. The Labute approximate surface area is 99.9 Å². The molecule has 2 aliphatic carbocycles. The van der Waals surface area contributed by atoms with Gasteiger partial charge in [0, 0.05) is 0 Å². The lowest BCUT2D eigenvalue weighted by Crippen LogP contribution is -2.46. The molecule has 0 aromatic rings. The fourth-order valence-electron chi connectivity index (χ4n) is 3.38. The number of nitrogens with two attached hydrogens (primary N) is 1. The summed E-state index contributed by atoms with van der Waals surface area (Å²) in [6, 6.07) is 0. The SMILES string of the molecule is CCC1CCCCC1OC1(CCN)CCC1. The molecule has 2 N–H and O–H groups in total. The van der Waals surface area contributed by atoms with Crippen molar-refractivity contribution in [2.24, 2.45) is 11.7 Å². The summed E-state index contributed by atoms with van der Waals surface area (Å²) in [7, 11) is 0. The lowest BCUT2D eigenvalue weighted by molar-refractivity contribution is -0.166. The summed E-state index contributed by atoms with van der Waals surface area (Å²) in [6.07, 6.45) is 12.1. The number of hydrogen-bond donors (Lipinski definition) is 1. The van der Waals surface area contributed by atoms with Crippen molar-refractivity contribution < 1.29 is 4.74 Å². The number of hydrogen-bond acceptors (Lipinski definition) is 2. The van der Waals surface area contributed by atoms with Crippen molar-refractivity contribution in [2.45, 2.75) is 76.4 Å². The van der Waals surface area contributed by atoms with E-state index in [1.54, 1.807) is 0 Å². The Morgan fingerprint density at radius 3 is 2.50 bits per heavy atom. The molecule has 2 aliphatic rings. The van der Waals surface area contributed by atoms with Crippen LogP contribution in [0.4, 0.5) is 0 Å². The Morgan fingerprint density at radius 2 is 1.94 bits per heavy atom. The lowest BCUT2D eigenvalue weighted by atomic mass is 9.76. The van der Waals surface area contributed by atoms with Crippen molar-refractivity contribution in [3.8, 4) is 0 Å². The Morgan fingerprint density at radius 1 is 1.19 bits per heavy atom. The maximum absolute atomic E-state index is 6.48.